The third-order valence-electron chi connectivity index (χ3n) is 5.34. The van der Waals surface area contributed by atoms with Crippen LogP contribution in [-0.4, -0.2) is 65.2 Å². The molecule has 0 amide bonds. The van der Waals surface area contributed by atoms with Gasteiger partial charge in [-0.15, -0.1) is 0 Å². The maximum absolute atomic E-state index is 15.0. The molecule has 3 heterocycles. The highest BCUT2D eigenvalue weighted by Gasteiger charge is 2.34. The number of hydrogen-bond donors (Lipinski definition) is 2. The minimum atomic E-state index is -1.40. The summed E-state index contributed by atoms with van der Waals surface area (Å²) < 4.78 is 22.1. The number of rotatable bonds is 2. The van der Waals surface area contributed by atoms with E-state index in [9.17, 15) is 19.8 Å². The van der Waals surface area contributed by atoms with Gasteiger partial charge >= 0.3 is 5.97 Å². The van der Waals surface area contributed by atoms with Crippen LogP contribution in [0.5, 0.6) is 5.75 Å². The third kappa shape index (κ3) is 2.65. The van der Waals surface area contributed by atoms with Crippen LogP contribution in [0.1, 0.15) is 23.3 Å². The fourth-order valence-electron chi connectivity index (χ4n) is 3.71. The summed E-state index contributed by atoms with van der Waals surface area (Å²) in [5.41, 5.74) is -0.747. The quantitative estimate of drug-likeness (QED) is 0.802. The Balaban J connectivity index is 2.03. The van der Waals surface area contributed by atoms with Crippen LogP contribution in [0.2, 0.25) is 0 Å². The number of piperazine rings is 1. The van der Waals surface area contributed by atoms with E-state index in [0.29, 0.717) is 18.6 Å². The van der Waals surface area contributed by atoms with Crippen LogP contribution in [0.15, 0.2) is 17.1 Å². The van der Waals surface area contributed by atoms with Gasteiger partial charge in [-0.1, -0.05) is 0 Å². The summed E-state index contributed by atoms with van der Waals surface area (Å²) in [6.07, 6.45) is -0.101. The number of likely N-dealkylation sites (N-methyl/N-ethyl adjacent to an activating group) is 1. The Labute approximate surface area is 154 Å². The molecule has 2 aliphatic heterocycles. The van der Waals surface area contributed by atoms with Gasteiger partial charge in [-0.25, -0.2) is 9.18 Å². The van der Waals surface area contributed by atoms with E-state index < -0.39 is 35.1 Å². The standard InChI is InChI=1S/C18H20FN3O5/c1-9-18(26)27-16-13-10(15(23)11(17(24)25)8-22(9)13)7-12(19)14(16)21-5-3-20(2)4-6-21/h7-9,18,26H,3-6H2,1-2H3,(H,24,25). The van der Waals surface area contributed by atoms with Gasteiger partial charge in [-0.3, -0.25) is 4.79 Å². The van der Waals surface area contributed by atoms with Crippen LogP contribution < -0.4 is 15.1 Å². The lowest BCUT2D eigenvalue weighted by Crippen LogP contribution is -2.45. The van der Waals surface area contributed by atoms with E-state index in [2.05, 4.69) is 4.90 Å². The number of carboxylic acid groups (broad SMARTS) is 1. The number of benzene rings is 1. The number of ether oxygens (including phenoxy) is 1. The number of aliphatic hydroxyl groups is 1. The first kappa shape index (κ1) is 17.7. The molecule has 144 valence electrons. The van der Waals surface area contributed by atoms with Crippen LogP contribution >= 0.6 is 0 Å². The smallest absolute Gasteiger partial charge is 0.341 e. The molecule has 2 aliphatic rings. The maximum atomic E-state index is 15.0. The fourth-order valence-corrected chi connectivity index (χ4v) is 3.71. The zero-order valence-corrected chi connectivity index (χ0v) is 15.0. The number of carboxylic acids is 1. The number of pyridine rings is 1. The van der Waals surface area contributed by atoms with Crippen molar-refractivity contribution in [3.63, 3.8) is 0 Å². The second-order valence-electron chi connectivity index (χ2n) is 7.06. The molecule has 1 saturated heterocycles. The number of aliphatic hydroxyl groups excluding tert-OH is 1. The Morgan fingerprint density at radius 3 is 2.59 bits per heavy atom. The van der Waals surface area contributed by atoms with Crippen molar-refractivity contribution in [3.05, 3.63) is 33.9 Å². The van der Waals surface area contributed by atoms with E-state index in [0.717, 1.165) is 19.2 Å². The van der Waals surface area contributed by atoms with Gasteiger partial charge in [-0.05, 0) is 20.0 Å². The summed E-state index contributed by atoms with van der Waals surface area (Å²) in [5, 5.41) is 19.6. The molecule has 2 N–H and O–H groups in total. The van der Waals surface area contributed by atoms with E-state index in [1.165, 1.54) is 10.8 Å². The first-order valence-corrected chi connectivity index (χ1v) is 8.72. The molecule has 9 heteroatoms. The summed E-state index contributed by atoms with van der Waals surface area (Å²) >= 11 is 0. The number of halogens is 1. The van der Waals surface area contributed by atoms with Crippen molar-refractivity contribution in [2.45, 2.75) is 19.3 Å². The van der Waals surface area contributed by atoms with Crippen molar-refractivity contribution < 1.29 is 24.1 Å². The monoisotopic (exact) mass is 377 g/mol. The van der Waals surface area contributed by atoms with Gasteiger partial charge in [0, 0.05) is 32.4 Å². The van der Waals surface area contributed by atoms with Crippen LogP contribution in [0, 0.1) is 5.82 Å². The summed E-state index contributed by atoms with van der Waals surface area (Å²) in [7, 11) is 1.98. The molecule has 0 saturated carbocycles. The van der Waals surface area contributed by atoms with E-state index in [1.807, 2.05) is 11.9 Å². The molecule has 2 aromatic rings. The molecule has 2 atom stereocenters. The minimum Gasteiger partial charge on any atom is -0.477 e. The van der Waals surface area contributed by atoms with Gasteiger partial charge < -0.3 is 29.3 Å². The topological polar surface area (TPSA) is 95.2 Å². The molecule has 0 spiro atoms. The Hall–Kier alpha value is -2.65. The first-order valence-electron chi connectivity index (χ1n) is 8.72. The van der Waals surface area contributed by atoms with Crippen molar-refractivity contribution in [2.24, 2.45) is 0 Å². The van der Waals surface area contributed by atoms with E-state index >= 15 is 4.39 Å². The molecule has 8 nitrogen and oxygen atoms in total. The van der Waals surface area contributed by atoms with Gasteiger partial charge in [0.25, 0.3) is 0 Å². The van der Waals surface area contributed by atoms with Crippen LogP contribution in [0.3, 0.4) is 0 Å². The van der Waals surface area contributed by atoms with Crippen molar-refractivity contribution in [1.29, 1.82) is 0 Å². The second-order valence-corrected chi connectivity index (χ2v) is 7.06. The Morgan fingerprint density at radius 2 is 1.96 bits per heavy atom. The first-order chi connectivity index (χ1) is 12.8. The zero-order chi connectivity index (χ0) is 19.5. The van der Waals surface area contributed by atoms with Crippen molar-refractivity contribution >= 4 is 22.6 Å². The average molecular weight is 377 g/mol. The molecule has 2 unspecified atom stereocenters. The van der Waals surface area contributed by atoms with Crippen molar-refractivity contribution in [2.75, 3.05) is 38.1 Å². The number of anilines is 1. The second kappa shape index (κ2) is 6.21. The van der Waals surface area contributed by atoms with Crippen LogP contribution in [-0.2, 0) is 0 Å². The van der Waals surface area contributed by atoms with Crippen LogP contribution in [0.4, 0.5) is 10.1 Å². The molecule has 1 aromatic heterocycles. The lowest BCUT2D eigenvalue weighted by atomic mass is 10.0. The molecule has 0 bridgehead atoms. The maximum Gasteiger partial charge on any atom is 0.341 e. The van der Waals surface area contributed by atoms with E-state index in [4.69, 9.17) is 4.74 Å². The molecule has 27 heavy (non-hydrogen) atoms. The van der Waals surface area contributed by atoms with E-state index in [-0.39, 0.29) is 16.8 Å². The number of hydrogen-bond acceptors (Lipinski definition) is 6. The third-order valence-corrected chi connectivity index (χ3v) is 5.34. The fraction of sp³-hybridized carbons (Fsp3) is 0.444. The van der Waals surface area contributed by atoms with Crippen molar-refractivity contribution in [1.82, 2.24) is 9.47 Å². The van der Waals surface area contributed by atoms with E-state index in [1.54, 1.807) is 6.92 Å². The SMILES string of the molecule is CC1C(O)Oc2c(N3CCN(C)CC3)c(F)cc3c(=O)c(C(=O)O)cn1c23. The molecule has 0 aliphatic carbocycles. The average Bonchev–Trinajstić information content (AvgIpc) is 2.62. The molecular weight excluding hydrogens is 357 g/mol. The Bertz CT molecular complexity index is 997. The number of nitrogens with zero attached hydrogens (tertiary/aromatic N) is 3. The largest absolute Gasteiger partial charge is 0.477 e. The minimum absolute atomic E-state index is 0.0703. The van der Waals surface area contributed by atoms with Gasteiger partial charge in [0.2, 0.25) is 11.7 Å². The highest BCUT2D eigenvalue weighted by molar-refractivity contribution is 5.97. The number of aromatic carboxylic acids is 1. The lowest BCUT2D eigenvalue weighted by molar-refractivity contribution is -0.0571. The molecular formula is C18H20FN3O5. The number of aromatic nitrogens is 1. The van der Waals surface area contributed by atoms with Gasteiger partial charge in [0.1, 0.15) is 11.3 Å². The van der Waals surface area contributed by atoms with Gasteiger partial charge in [0.05, 0.1) is 16.9 Å². The molecule has 4 rings (SSSR count). The summed E-state index contributed by atoms with van der Waals surface area (Å²) in [6, 6.07) is 0.440. The molecule has 1 fully saturated rings. The lowest BCUT2D eigenvalue weighted by Gasteiger charge is -2.38. The Kier molecular flexibility index (Phi) is 4.08. The highest BCUT2D eigenvalue weighted by Crippen LogP contribution is 2.43. The predicted molar refractivity (Wildman–Crippen MR) is 96.2 cm³/mol. The summed E-state index contributed by atoms with van der Waals surface area (Å²) in [4.78, 5) is 28.0. The van der Waals surface area contributed by atoms with Crippen molar-refractivity contribution in [3.8, 4) is 5.75 Å². The highest BCUT2D eigenvalue weighted by atomic mass is 19.1. The normalized spacial score (nSPS) is 22.7. The summed E-state index contributed by atoms with van der Waals surface area (Å²) in [5.74, 6) is -1.99. The Morgan fingerprint density at radius 1 is 1.30 bits per heavy atom. The summed E-state index contributed by atoms with van der Waals surface area (Å²) in [6.45, 7) is 4.25. The van der Waals surface area contributed by atoms with Gasteiger partial charge in [0.15, 0.2) is 11.6 Å². The van der Waals surface area contributed by atoms with Crippen LogP contribution in [0.25, 0.3) is 10.9 Å². The number of carbonyl (C=O) groups is 1. The predicted octanol–water partition coefficient (Wildman–Crippen LogP) is 0.862. The van der Waals surface area contributed by atoms with Gasteiger partial charge in [-0.2, -0.15) is 0 Å². The zero-order valence-electron chi connectivity index (χ0n) is 15.0. The molecule has 0 radical (unpaired) electrons. The molecule has 1 aromatic carbocycles.